The maximum absolute atomic E-state index is 13.5. The molecule has 26 heteroatoms. The first-order valence-electron chi connectivity index (χ1n) is 19.1. The van der Waals surface area contributed by atoms with Crippen molar-refractivity contribution >= 4 is 65.0 Å². The van der Waals surface area contributed by atoms with Crippen molar-refractivity contribution in [2.24, 2.45) is 29.0 Å². The van der Waals surface area contributed by atoms with E-state index >= 15 is 0 Å². The summed E-state index contributed by atoms with van der Waals surface area (Å²) >= 11 is 0. The summed E-state index contributed by atoms with van der Waals surface area (Å²) in [5, 5.41) is 56.6. The molecule has 0 aliphatic heterocycles. The van der Waals surface area contributed by atoms with Crippen LogP contribution in [-0.4, -0.2) is 160 Å². The van der Waals surface area contributed by atoms with E-state index in [4.69, 9.17) is 17.2 Å². The van der Waals surface area contributed by atoms with E-state index in [1.54, 1.807) is 27.7 Å². The summed E-state index contributed by atoms with van der Waals surface area (Å²) in [7, 11) is 0. The van der Waals surface area contributed by atoms with Crippen molar-refractivity contribution in [3.05, 3.63) is 0 Å². The molecule has 0 rings (SSSR count). The Kier molecular flexibility index (Phi) is 24.3. The zero-order valence-electron chi connectivity index (χ0n) is 34.8. The minimum atomic E-state index is -1.89. The summed E-state index contributed by atoms with van der Waals surface area (Å²) in [6.45, 7) is 6.28. The van der Waals surface area contributed by atoms with E-state index in [0.717, 1.165) is 6.92 Å². The van der Waals surface area contributed by atoms with Crippen molar-refractivity contribution in [2.45, 2.75) is 122 Å². The molecular formula is C35H61N11O15. The number of aliphatic hydroxyl groups excluding tert-OH is 3. The second kappa shape index (κ2) is 27.0. The molecule has 0 aromatic rings. The minimum Gasteiger partial charge on any atom is -0.481 e. The Hall–Kier alpha value is -5.99. The van der Waals surface area contributed by atoms with Gasteiger partial charge < -0.3 is 80.2 Å². The molecule has 0 spiro atoms. The molecular weight excluding hydrogens is 814 g/mol. The van der Waals surface area contributed by atoms with Crippen LogP contribution in [0.25, 0.3) is 0 Å². The van der Waals surface area contributed by atoms with Gasteiger partial charge in [-0.2, -0.15) is 0 Å². The number of aliphatic hydroxyl groups is 3. The molecule has 346 valence electrons. The number of aliphatic carboxylic acids is 1. The molecule has 18 N–H and O–H groups in total. The lowest BCUT2D eigenvalue weighted by Gasteiger charge is -2.28. The van der Waals surface area contributed by atoms with Gasteiger partial charge >= 0.3 is 5.97 Å². The van der Waals surface area contributed by atoms with E-state index in [0.29, 0.717) is 6.42 Å². The number of carboxylic acid groups (broad SMARTS) is 1. The van der Waals surface area contributed by atoms with Crippen LogP contribution in [0.3, 0.4) is 0 Å². The average molecular weight is 876 g/mol. The Morgan fingerprint density at radius 1 is 0.574 bits per heavy atom. The van der Waals surface area contributed by atoms with E-state index in [-0.39, 0.29) is 12.3 Å². The standard InChI is InChI=1S/C35H61N11O15/c1-7-15(4)26(35(61)43-21(12-47)28(38)54)45-33(59)22(13-48)44-32(58)20(10-25(52)53)42-31(57)19(8-14(2)3)41-29(55)16(5)40-24(51)11-39-34(60)27(17(6)49)46-30(56)18(36)9-23(37)50/h14-22,26-27,47-49H,7-13,36H2,1-6H3,(H2,37,50)(H2,38,54)(H,39,60)(H,40,51)(H,41,55)(H,42,57)(H,43,61)(H,44,58)(H,45,59)(H,46,56)(H,52,53)/t15-,16-,17+,18-,19-,20-,21-,22-,26-,27-/m0/s1. The fourth-order valence-corrected chi connectivity index (χ4v) is 5.16. The van der Waals surface area contributed by atoms with Crippen LogP contribution in [0.5, 0.6) is 0 Å². The highest BCUT2D eigenvalue weighted by Gasteiger charge is 2.35. The fourth-order valence-electron chi connectivity index (χ4n) is 5.16. The number of carboxylic acids is 1. The van der Waals surface area contributed by atoms with Crippen molar-refractivity contribution in [3.63, 3.8) is 0 Å². The number of nitrogens with one attached hydrogen (secondary N) is 8. The summed E-state index contributed by atoms with van der Waals surface area (Å²) in [6.07, 6.45) is -2.83. The molecule has 0 unspecified atom stereocenters. The number of carbonyl (C=O) groups excluding carboxylic acids is 10. The van der Waals surface area contributed by atoms with Gasteiger partial charge in [0.2, 0.25) is 59.1 Å². The van der Waals surface area contributed by atoms with Crippen LogP contribution in [0.4, 0.5) is 0 Å². The van der Waals surface area contributed by atoms with Crippen molar-refractivity contribution < 1.29 is 73.2 Å². The first-order chi connectivity index (χ1) is 28.3. The number of nitrogens with two attached hydrogens (primary N) is 3. The molecule has 0 aromatic heterocycles. The zero-order valence-corrected chi connectivity index (χ0v) is 34.8. The van der Waals surface area contributed by atoms with Crippen LogP contribution < -0.4 is 59.7 Å². The monoisotopic (exact) mass is 875 g/mol. The number of primary amides is 2. The van der Waals surface area contributed by atoms with Gasteiger partial charge in [0, 0.05) is 0 Å². The van der Waals surface area contributed by atoms with Crippen molar-refractivity contribution in [1.29, 1.82) is 0 Å². The van der Waals surface area contributed by atoms with Crippen molar-refractivity contribution in [2.75, 3.05) is 19.8 Å². The van der Waals surface area contributed by atoms with Crippen LogP contribution in [-0.2, 0) is 52.7 Å². The topological polar surface area (TPSA) is 443 Å². The Labute approximate surface area is 351 Å². The quantitative estimate of drug-likeness (QED) is 0.0347. The molecule has 0 aliphatic rings. The largest absolute Gasteiger partial charge is 0.481 e. The summed E-state index contributed by atoms with van der Waals surface area (Å²) < 4.78 is 0. The molecule has 10 amide bonds. The molecule has 0 aromatic carbocycles. The lowest BCUT2D eigenvalue weighted by molar-refractivity contribution is -0.142. The Morgan fingerprint density at radius 3 is 1.54 bits per heavy atom. The van der Waals surface area contributed by atoms with Crippen molar-refractivity contribution in [1.82, 2.24) is 42.5 Å². The third-order valence-corrected chi connectivity index (χ3v) is 8.82. The van der Waals surface area contributed by atoms with Gasteiger partial charge in [0.05, 0.1) is 44.7 Å². The normalized spacial score (nSPS) is 15.9. The number of rotatable bonds is 28. The van der Waals surface area contributed by atoms with Gasteiger partial charge in [-0.1, -0.05) is 34.1 Å². The van der Waals surface area contributed by atoms with E-state index in [1.165, 1.54) is 6.92 Å². The Bertz CT molecular complexity index is 1600. The van der Waals surface area contributed by atoms with E-state index in [1.807, 2.05) is 0 Å². The number of carbonyl (C=O) groups is 11. The molecule has 10 atom stereocenters. The third-order valence-electron chi connectivity index (χ3n) is 8.82. The number of hydrogen-bond donors (Lipinski definition) is 15. The number of hydrogen-bond acceptors (Lipinski definition) is 15. The maximum atomic E-state index is 13.5. The lowest BCUT2D eigenvalue weighted by atomic mass is 9.97. The zero-order chi connectivity index (χ0) is 47.3. The minimum absolute atomic E-state index is 0.0705. The van der Waals surface area contributed by atoms with Crippen LogP contribution >= 0.6 is 0 Å². The molecule has 0 saturated carbocycles. The van der Waals surface area contributed by atoms with E-state index in [2.05, 4.69) is 42.5 Å². The van der Waals surface area contributed by atoms with Crippen molar-refractivity contribution in [3.8, 4) is 0 Å². The van der Waals surface area contributed by atoms with E-state index in [9.17, 15) is 73.2 Å². The SMILES string of the molecule is CC[C@H](C)[C@H](NC(=O)[C@H](CO)NC(=O)[C@H](CC(=O)O)NC(=O)[C@H](CC(C)C)NC(=O)[C@H](C)NC(=O)CNC(=O)[C@@H](NC(=O)[C@@H](N)CC(N)=O)[C@@H](C)O)C(=O)N[C@@H](CO)C(N)=O. The lowest BCUT2D eigenvalue weighted by Crippen LogP contribution is -2.61. The van der Waals surface area contributed by atoms with Gasteiger partial charge in [0.15, 0.2) is 0 Å². The van der Waals surface area contributed by atoms with E-state index < -0.39 is 158 Å². The van der Waals surface area contributed by atoms with Gasteiger partial charge in [0.1, 0.15) is 42.3 Å². The predicted molar refractivity (Wildman–Crippen MR) is 210 cm³/mol. The fraction of sp³-hybridized carbons (Fsp3) is 0.686. The van der Waals surface area contributed by atoms with Crippen LogP contribution in [0.15, 0.2) is 0 Å². The molecule has 0 radical (unpaired) electrons. The average Bonchev–Trinajstić information content (AvgIpc) is 3.16. The molecule has 61 heavy (non-hydrogen) atoms. The Morgan fingerprint density at radius 2 is 1.07 bits per heavy atom. The predicted octanol–water partition coefficient (Wildman–Crippen LogP) is -7.86. The van der Waals surface area contributed by atoms with Crippen LogP contribution in [0.1, 0.15) is 67.2 Å². The molecule has 0 saturated heterocycles. The molecule has 0 fully saturated rings. The summed E-state index contributed by atoms with van der Waals surface area (Å²) in [5.41, 5.74) is 15.7. The third kappa shape index (κ3) is 20.2. The van der Waals surface area contributed by atoms with Gasteiger partial charge in [-0.3, -0.25) is 52.7 Å². The molecule has 0 bridgehead atoms. The summed E-state index contributed by atoms with van der Waals surface area (Å²) in [5.74, 6) is -12.6. The molecule has 26 nitrogen and oxygen atoms in total. The highest BCUT2D eigenvalue weighted by atomic mass is 16.4. The second-order valence-corrected chi connectivity index (χ2v) is 14.6. The molecule has 0 heterocycles. The highest BCUT2D eigenvalue weighted by Crippen LogP contribution is 2.10. The molecule has 0 aliphatic carbocycles. The number of amides is 10. The first kappa shape index (κ1) is 55.0. The first-order valence-corrected chi connectivity index (χ1v) is 19.1. The second-order valence-electron chi connectivity index (χ2n) is 14.6. The summed E-state index contributed by atoms with van der Waals surface area (Å²) in [6, 6.07) is -12.4. The highest BCUT2D eigenvalue weighted by molar-refractivity contribution is 5.98. The van der Waals surface area contributed by atoms with Crippen LogP contribution in [0, 0.1) is 11.8 Å². The van der Waals surface area contributed by atoms with Crippen LogP contribution in [0.2, 0.25) is 0 Å². The van der Waals surface area contributed by atoms with Gasteiger partial charge in [-0.15, -0.1) is 0 Å². The van der Waals surface area contributed by atoms with Gasteiger partial charge in [0.25, 0.3) is 0 Å². The summed E-state index contributed by atoms with van der Waals surface area (Å²) in [4.78, 5) is 138. The maximum Gasteiger partial charge on any atom is 0.305 e. The van der Waals surface area contributed by atoms with Gasteiger partial charge in [-0.25, -0.2) is 0 Å². The van der Waals surface area contributed by atoms with Gasteiger partial charge in [-0.05, 0) is 32.1 Å². The Balaban J connectivity index is 5.83. The smallest absolute Gasteiger partial charge is 0.305 e.